The number of rotatable bonds is 8. The van der Waals surface area contributed by atoms with Gasteiger partial charge in [-0.1, -0.05) is 23.7 Å². The fourth-order valence-electron chi connectivity index (χ4n) is 2.96. The maximum atomic E-state index is 12.9. The van der Waals surface area contributed by atoms with Crippen LogP contribution in [0.5, 0.6) is 5.75 Å². The molecule has 0 radical (unpaired) electrons. The summed E-state index contributed by atoms with van der Waals surface area (Å²) in [7, 11) is 5.04. The SMILES string of the molecule is COc1ccc(NC(=O)c2ccc(C(=N)N(C)C)cc2)c(C(=O)Nc2ccc(Cl)cn2)c1.O=C(O)C=CC(=O)O. The first-order valence-electron chi connectivity index (χ1n) is 11.3. The van der Waals surface area contributed by atoms with E-state index in [0.717, 1.165) is 0 Å². The Labute approximate surface area is 234 Å². The lowest BCUT2D eigenvalue weighted by Gasteiger charge is -2.15. The van der Waals surface area contributed by atoms with Crippen molar-refractivity contribution in [3.05, 3.63) is 94.7 Å². The lowest BCUT2D eigenvalue weighted by atomic mass is 10.1. The summed E-state index contributed by atoms with van der Waals surface area (Å²) < 4.78 is 5.22. The van der Waals surface area contributed by atoms with Gasteiger partial charge >= 0.3 is 11.9 Å². The summed E-state index contributed by atoms with van der Waals surface area (Å²) in [4.78, 5) is 50.5. The second-order valence-corrected chi connectivity index (χ2v) is 8.45. The Morgan fingerprint density at radius 3 is 2.00 bits per heavy atom. The largest absolute Gasteiger partial charge is 0.497 e. The molecule has 208 valence electrons. The van der Waals surface area contributed by atoms with Crippen molar-refractivity contribution in [2.75, 3.05) is 31.8 Å². The molecule has 3 aromatic rings. The van der Waals surface area contributed by atoms with Gasteiger partial charge < -0.3 is 30.5 Å². The topological polar surface area (TPSA) is 182 Å². The van der Waals surface area contributed by atoms with E-state index in [9.17, 15) is 19.2 Å². The van der Waals surface area contributed by atoms with Crippen LogP contribution in [0.25, 0.3) is 0 Å². The number of hydrogen-bond acceptors (Lipinski definition) is 7. The van der Waals surface area contributed by atoms with Crippen LogP contribution in [-0.2, 0) is 9.59 Å². The molecule has 0 spiro atoms. The van der Waals surface area contributed by atoms with Crippen LogP contribution >= 0.6 is 11.6 Å². The summed E-state index contributed by atoms with van der Waals surface area (Å²) in [5.41, 5.74) is 1.60. The van der Waals surface area contributed by atoms with Gasteiger partial charge in [-0.25, -0.2) is 14.6 Å². The molecule has 3 rings (SSSR count). The summed E-state index contributed by atoms with van der Waals surface area (Å²) in [5.74, 6) is -2.26. The number of amides is 2. The van der Waals surface area contributed by atoms with Crippen molar-refractivity contribution in [1.82, 2.24) is 9.88 Å². The standard InChI is InChI=1S/C23H22ClN5O3.C4H4O4/c1-29(2)21(25)14-4-6-15(7-5-14)22(30)27-19-10-9-17(32-3)12-18(19)23(31)28-20-11-8-16(24)13-26-20;5-3(6)1-2-4(7)8/h4-13,25H,1-3H3,(H,27,30)(H,26,28,31);1-2H,(H,5,6)(H,7,8). The summed E-state index contributed by atoms with van der Waals surface area (Å²) in [6, 6.07) is 14.6. The number of carboxylic acids is 2. The van der Waals surface area contributed by atoms with Crippen molar-refractivity contribution < 1.29 is 34.1 Å². The van der Waals surface area contributed by atoms with Gasteiger partial charge in [0.15, 0.2) is 0 Å². The number of halogens is 1. The molecule has 1 heterocycles. The van der Waals surface area contributed by atoms with Crippen molar-refractivity contribution in [3.63, 3.8) is 0 Å². The monoisotopic (exact) mass is 567 g/mol. The van der Waals surface area contributed by atoms with Gasteiger partial charge in [-0.3, -0.25) is 15.0 Å². The Balaban J connectivity index is 0.000000611. The van der Waals surface area contributed by atoms with Gasteiger partial charge in [-0.2, -0.15) is 0 Å². The van der Waals surface area contributed by atoms with Gasteiger partial charge in [0.05, 0.1) is 23.4 Å². The number of nitrogens with one attached hydrogen (secondary N) is 3. The molecular weight excluding hydrogens is 542 g/mol. The molecule has 5 N–H and O–H groups in total. The van der Waals surface area contributed by atoms with Crippen molar-refractivity contribution in [1.29, 1.82) is 5.41 Å². The highest BCUT2D eigenvalue weighted by molar-refractivity contribution is 6.30. The van der Waals surface area contributed by atoms with Crippen LogP contribution in [0.15, 0.2) is 72.9 Å². The van der Waals surface area contributed by atoms with Gasteiger partial charge in [-0.15, -0.1) is 0 Å². The first-order chi connectivity index (χ1) is 18.9. The summed E-state index contributed by atoms with van der Waals surface area (Å²) >= 11 is 5.83. The van der Waals surface area contributed by atoms with E-state index in [1.165, 1.54) is 19.4 Å². The van der Waals surface area contributed by atoms with E-state index in [-0.39, 0.29) is 5.56 Å². The van der Waals surface area contributed by atoms with Crippen LogP contribution in [0.3, 0.4) is 0 Å². The molecule has 0 aliphatic rings. The van der Waals surface area contributed by atoms with Crippen LogP contribution in [0.4, 0.5) is 11.5 Å². The van der Waals surface area contributed by atoms with E-state index < -0.39 is 23.8 Å². The number of hydrogen-bond donors (Lipinski definition) is 5. The lowest BCUT2D eigenvalue weighted by Crippen LogP contribution is -2.22. The third-order valence-corrected chi connectivity index (χ3v) is 5.15. The van der Waals surface area contributed by atoms with Gasteiger partial charge in [0, 0.05) is 43.6 Å². The number of methoxy groups -OCH3 is 1. The van der Waals surface area contributed by atoms with Crippen LogP contribution in [-0.4, -0.2) is 70.9 Å². The van der Waals surface area contributed by atoms with E-state index in [1.54, 1.807) is 67.5 Å². The number of pyridine rings is 1. The fraction of sp³-hybridized carbons (Fsp3) is 0.111. The van der Waals surface area contributed by atoms with Crippen molar-refractivity contribution in [2.45, 2.75) is 0 Å². The Hall–Kier alpha value is -5.23. The number of ether oxygens (including phenoxy) is 1. The molecule has 0 aliphatic heterocycles. The van der Waals surface area contributed by atoms with E-state index >= 15 is 0 Å². The average molecular weight is 568 g/mol. The van der Waals surface area contributed by atoms with Crippen LogP contribution < -0.4 is 15.4 Å². The third kappa shape index (κ3) is 9.58. The molecule has 12 nitrogen and oxygen atoms in total. The maximum Gasteiger partial charge on any atom is 0.328 e. The van der Waals surface area contributed by atoms with E-state index in [2.05, 4.69) is 15.6 Å². The second-order valence-electron chi connectivity index (χ2n) is 8.01. The zero-order chi connectivity index (χ0) is 29.8. The van der Waals surface area contributed by atoms with Crippen molar-refractivity contribution in [3.8, 4) is 5.75 Å². The molecule has 0 aliphatic carbocycles. The van der Waals surface area contributed by atoms with Crippen LogP contribution in [0.1, 0.15) is 26.3 Å². The minimum atomic E-state index is -1.26. The van der Waals surface area contributed by atoms with Crippen molar-refractivity contribution in [2.24, 2.45) is 0 Å². The first kappa shape index (κ1) is 31.0. The van der Waals surface area contributed by atoms with E-state index in [1.807, 2.05) is 0 Å². The number of nitrogens with zero attached hydrogens (tertiary/aromatic N) is 2. The smallest absolute Gasteiger partial charge is 0.328 e. The molecule has 1 aromatic heterocycles. The molecule has 2 amide bonds. The normalized spacial score (nSPS) is 10.1. The van der Waals surface area contributed by atoms with Crippen LogP contribution in [0, 0.1) is 5.41 Å². The predicted molar refractivity (Wildman–Crippen MR) is 150 cm³/mol. The molecular formula is C27H26ClN5O7. The molecule has 0 unspecified atom stereocenters. The summed E-state index contributed by atoms with van der Waals surface area (Å²) in [6.45, 7) is 0. The van der Waals surface area contributed by atoms with E-state index in [4.69, 9.17) is 32.0 Å². The number of anilines is 2. The van der Waals surface area contributed by atoms with E-state index in [0.29, 0.717) is 51.4 Å². The highest BCUT2D eigenvalue weighted by atomic mass is 35.5. The number of aliphatic carboxylic acids is 2. The maximum absolute atomic E-state index is 12.9. The summed E-state index contributed by atoms with van der Waals surface area (Å²) in [5, 5.41) is 29.5. The number of carbonyl (C=O) groups excluding carboxylic acids is 2. The Bertz CT molecular complexity index is 1410. The molecule has 0 atom stereocenters. The molecule has 0 fully saturated rings. The van der Waals surface area contributed by atoms with Crippen LogP contribution in [0.2, 0.25) is 5.02 Å². The fourth-order valence-corrected chi connectivity index (χ4v) is 3.07. The molecule has 13 heteroatoms. The molecule has 2 aromatic carbocycles. The quantitative estimate of drug-likeness (QED) is 0.153. The number of aromatic nitrogens is 1. The zero-order valence-corrected chi connectivity index (χ0v) is 22.4. The van der Waals surface area contributed by atoms with Crippen molar-refractivity contribution >= 4 is 52.7 Å². The minimum Gasteiger partial charge on any atom is -0.497 e. The highest BCUT2D eigenvalue weighted by Gasteiger charge is 2.17. The Morgan fingerprint density at radius 2 is 1.50 bits per heavy atom. The average Bonchev–Trinajstić information content (AvgIpc) is 2.93. The van der Waals surface area contributed by atoms with Gasteiger partial charge in [0.1, 0.15) is 17.4 Å². The van der Waals surface area contributed by atoms with Gasteiger partial charge in [0.25, 0.3) is 11.8 Å². The molecule has 40 heavy (non-hydrogen) atoms. The molecule has 0 bridgehead atoms. The predicted octanol–water partition coefficient (Wildman–Crippen LogP) is 3.85. The zero-order valence-electron chi connectivity index (χ0n) is 21.6. The highest BCUT2D eigenvalue weighted by Crippen LogP contribution is 2.24. The van der Waals surface area contributed by atoms with Gasteiger partial charge in [0.2, 0.25) is 0 Å². The summed E-state index contributed by atoms with van der Waals surface area (Å²) in [6.07, 6.45) is 2.54. The number of benzene rings is 2. The Kier molecular flexibility index (Phi) is 11.3. The number of carboxylic acid groups (broad SMARTS) is 2. The third-order valence-electron chi connectivity index (χ3n) is 4.92. The minimum absolute atomic E-state index is 0.209. The number of carbonyl (C=O) groups is 4. The first-order valence-corrected chi connectivity index (χ1v) is 11.7. The Morgan fingerprint density at radius 1 is 0.900 bits per heavy atom. The second kappa shape index (κ2) is 14.6. The molecule has 0 saturated heterocycles. The number of amidine groups is 1. The molecule has 0 saturated carbocycles. The van der Waals surface area contributed by atoms with Gasteiger partial charge in [-0.05, 0) is 42.5 Å². The lowest BCUT2D eigenvalue weighted by molar-refractivity contribution is -0.134.